The van der Waals surface area contributed by atoms with Gasteiger partial charge in [-0.2, -0.15) is 5.26 Å². The lowest BCUT2D eigenvalue weighted by atomic mass is 9.98. The van der Waals surface area contributed by atoms with Gasteiger partial charge in [0.2, 0.25) is 0 Å². The van der Waals surface area contributed by atoms with Gasteiger partial charge in [0.1, 0.15) is 0 Å². The first-order valence-electron chi connectivity index (χ1n) is 12.0. The number of hydrogen-bond donors (Lipinski definition) is 0. The smallest absolute Gasteiger partial charge is 0.0991 e. The molecule has 0 fully saturated rings. The fourth-order valence-electron chi connectivity index (χ4n) is 4.10. The Hall–Kier alpha value is -2.85. The van der Waals surface area contributed by atoms with Gasteiger partial charge >= 0.3 is 0 Å². The molecule has 0 N–H and O–H groups in total. The quantitative estimate of drug-likeness (QED) is 0.274. The van der Waals surface area contributed by atoms with E-state index in [4.69, 9.17) is 5.26 Å². The minimum Gasteiger partial charge on any atom is -0.192 e. The zero-order chi connectivity index (χ0) is 21.7. The average Bonchev–Trinajstić information content (AvgIpc) is 2.83. The highest BCUT2D eigenvalue weighted by Gasteiger charge is 2.02. The van der Waals surface area contributed by atoms with Crippen LogP contribution in [-0.4, -0.2) is 0 Å². The molecule has 0 aliphatic carbocycles. The molecule has 0 aromatic heterocycles. The van der Waals surface area contributed by atoms with Crippen LogP contribution < -0.4 is 0 Å². The summed E-state index contributed by atoms with van der Waals surface area (Å²) in [6.07, 6.45) is 13.6. The van der Waals surface area contributed by atoms with Gasteiger partial charge in [-0.05, 0) is 52.8 Å². The molecular formula is C30H35N. The van der Waals surface area contributed by atoms with Gasteiger partial charge in [-0.3, -0.25) is 0 Å². The van der Waals surface area contributed by atoms with Crippen molar-refractivity contribution in [1.82, 2.24) is 0 Å². The Kier molecular flexibility index (Phi) is 9.39. The molecule has 0 aliphatic rings. The van der Waals surface area contributed by atoms with Crippen LogP contribution >= 0.6 is 0 Å². The standard InChI is InChI=1S/C30H35N/c1-2-3-4-5-6-7-8-9-10-11-25-12-16-27(17-13-25)29-20-22-30(23-21-29)28-18-14-26(24-31)15-19-28/h12-23H,2-11H2,1H3. The minimum absolute atomic E-state index is 0.697. The minimum atomic E-state index is 0.697. The number of benzene rings is 3. The molecule has 1 heteroatoms. The van der Waals surface area contributed by atoms with E-state index in [9.17, 15) is 0 Å². The zero-order valence-electron chi connectivity index (χ0n) is 18.9. The summed E-state index contributed by atoms with van der Waals surface area (Å²) < 4.78 is 0. The number of hydrogen-bond acceptors (Lipinski definition) is 1. The Balaban J connectivity index is 1.44. The number of rotatable bonds is 12. The van der Waals surface area contributed by atoms with E-state index in [0.717, 1.165) is 5.56 Å². The maximum Gasteiger partial charge on any atom is 0.0991 e. The van der Waals surface area contributed by atoms with Gasteiger partial charge in [-0.15, -0.1) is 0 Å². The highest BCUT2D eigenvalue weighted by atomic mass is 14.2. The lowest BCUT2D eigenvalue weighted by Crippen LogP contribution is -1.87. The molecule has 3 aromatic carbocycles. The Bertz CT molecular complexity index is 928. The van der Waals surface area contributed by atoms with Crippen molar-refractivity contribution in [2.45, 2.75) is 71.1 Å². The lowest BCUT2D eigenvalue weighted by molar-refractivity contribution is 0.565. The summed E-state index contributed by atoms with van der Waals surface area (Å²) in [6, 6.07) is 27.7. The first-order chi connectivity index (χ1) is 15.3. The predicted molar refractivity (Wildman–Crippen MR) is 133 cm³/mol. The fraction of sp³-hybridized carbons (Fsp3) is 0.367. The van der Waals surface area contributed by atoms with Crippen LogP contribution in [0.3, 0.4) is 0 Å². The van der Waals surface area contributed by atoms with Crippen LogP contribution in [0.2, 0.25) is 0 Å². The van der Waals surface area contributed by atoms with Gasteiger partial charge in [-0.1, -0.05) is 119 Å². The fourth-order valence-corrected chi connectivity index (χ4v) is 4.10. The molecule has 3 aromatic rings. The largest absolute Gasteiger partial charge is 0.192 e. The second kappa shape index (κ2) is 12.8. The molecule has 0 heterocycles. The third-order valence-electron chi connectivity index (χ3n) is 6.09. The maximum atomic E-state index is 8.95. The molecule has 31 heavy (non-hydrogen) atoms. The van der Waals surface area contributed by atoms with Crippen molar-refractivity contribution in [3.8, 4) is 28.3 Å². The number of nitrogens with zero attached hydrogens (tertiary/aromatic N) is 1. The first kappa shape index (κ1) is 22.8. The third kappa shape index (κ3) is 7.41. The van der Waals surface area contributed by atoms with Crippen LogP contribution in [0.25, 0.3) is 22.3 Å². The highest BCUT2D eigenvalue weighted by molar-refractivity contribution is 5.70. The molecular weight excluding hydrogens is 374 g/mol. The molecule has 0 saturated heterocycles. The molecule has 0 aliphatic heterocycles. The lowest BCUT2D eigenvalue weighted by Gasteiger charge is -2.07. The molecule has 0 unspecified atom stereocenters. The Morgan fingerprint density at radius 1 is 0.516 bits per heavy atom. The van der Waals surface area contributed by atoms with Crippen LogP contribution in [0.5, 0.6) is 0 Å². The van der Waals surface area contributed by atoms with Crippen LogP contribution in [0.15, 0.2) is 72.8 Å². The van der Waals surface area contributed by atoms with Crippen molar-refractivity contribution in [1.29, 1.82) is 5.26 Å². The molecule has 160 valence electrons. The summed E-state index contributed by atoms with van der Waals surface area (Å²) in [5.74, 6) is 0. The SMILES string of the molecule is CCCCCCCCCCCc1ccc(-c2ccc(-c3ccc(C#N)cc3)cc2)cc1. The van der Waals surface area contributed by atoms with E-state index in [1.807, 2.05) is 24.3 Å². The normalized spacial score (nSPS) is 10.7. The molecule has 0 saturated carbocycles. The molecule has 3 rings (SSSR count). The first-order valence-corrected chi connectivity index (χ1v) is 12.0. The van der Waals surface area contributed by atoms with Crippen molar-refractivity contribution in [3.63, 3.8) is 0 Å². The average molecular weight is 410 g/mol. The van der Waals surface area contributed by atoms with E-state index in [2.05, 4.69) is 61.5 Å². The van der Waals surface area contributed by atoms with Crippen LogP contribution in [0.4, 0.5) is 0 Å². The Morgan fingerprint density at radius 2 is 0.903 bits per heavy atom. The van der Waals surface area contributed by atoms with Crippen LogP contribution in [0.1, 0.15) is 75.8 Å². The van der Waals surface area contributed by atoms with E-state index in [1.165, 1.54) is 86.5 Å². The Labute approximate surface area is 188 Å². The van der Waals surface area contributed by atoms with Gasteiger partial charge in [0.05, 0.1) is 11.6 Å². The van der Waals surface area contributed by atoms with Gasteiger partial charge < -0.3 is 0 Å². The summed E-state index contributed by atoms with van der Waals surface area (Å²) in [6.45, 7) is 2.28. The molecule has 0 radical (unpaired) electrons. The molecule has 0 bridgehead atoms. The number of nitriles is 1. The topological polar surface area (TPSA) is 23.8 Å². The third-order valence-corrected chi connectivity index (χ3v) is 6.09. The second-order valence-corrected chi connectivity index (χ2v) is 8.54. The molecule has 0 atom stereocenters. The van der Waals surface area contributed by atoms with Crippen molar-refractivity contribution in [2.75, 3.05) is 0 Å². The van der Waals surface area contributed by atoms with Crippen molar-refractivity contribution in [3.05, 3.63) is 83.9 Å². The molecule has 1 nitrogen and oxygen atoms in total. The summed E-state index contributed by atoms with van der Waals surface area (Å²) in [5, 5.41) is 8.95. The van der Waals surface area contributed by atoms with Crippen LogP contribution in [0, 0.1) is 11.3 Å². The van der Waals surface area contributed by atoms with E-state index >= 15 is 0 Å². The number of unbranched alkanes of at least 4 members (excludes halogenated alkanes) is 8. The van der Waals surface area contributed by atoms with Gasteiger partial charge in [0.25, 0.3) is 0 Å². The van der Waals surface area contributed by atoms with E-state index in [0.29, 0.717) is 5.56 Å². The maximum absolute atomic E-state index is 8.95. The summed E-state index contributed by atoms with van der Waals surface area (Å²) >= 11 is 0. The van der Waals surface area contributed by atoms with Crippen LogP contribution in [-0.2, 0) is 6.42 Å². The van der Waals surface area contributed by atoms with Gasteiger partial charge in [0, 0.05) is 0 Å². The predicted octanol–water partition coefficient (Wildman–Crippen LogP) is 8.97. The van der Waals surface area contributed by atoms with Gasteiger partial charge in [0.15, 0.2) is 0 Å². The van der Waals surface area contributed by atoms with E-state index in [1.54, 1.807) is 0 Å². The van der Waals surface area contributed by atoms with Crippen molar-refractivity contribution < 1.29 is 0 Å². The summed E-state index contributed by atoms with van der Waals surface area (Å²) in [5.41, 5.74) is 6.97. The van der Waals surface area contributed by atoms with Gasteiger partial charge in [-0.25, -0.2) is 0 Å². The molecule has 0 amide bonds. The Morgan fingerprint density at radius 3 is 1.35 bits per heavy atom. The highest BCUT2D eigenvalue weighted by Crippen LogP contribution is 2.25. The van der Waals surface area contributed by atoms with Crippen molar-refractivity contribution >= 4 is 0 Å². The molecule has 0 spiro atoms. The second-order valence-electron chi connectivity index (χ2n) is 8.54. The number of aryl methyl sites for hydroxylation is 1. The van der Waals surface area contributed by atoms with E-state index < -0.39 is 0 Å². The zero-order valence-corrected chi connectivity index (χ0v) is 18.9. The van der Waals surface area contributed by atoms with E-state index in [-0.39, 0.29) is 0 Å². The summed E-state index contributed by atoms with van der Waals surface area (Å²) in [4.78, 5) is 0. The monoisotopic (exact) mass is 409 g/mol. The van der Waals surface area contributed by atoms with Crippen molar-refractivity contribution in [2.24, 2.45) is 0 Å². The summed E-state index contributed by atoms with van der Waals surface area (Å²) in [7, 11) is 0.